The van der Waals surface area contributed by atoms with Crippen LogP contribution in [0.1, 0.15) is 20.8 Å². The van der Waals surface area contributed by atoms with Crippen molar-refractivity contribution in [2.75, 3.05) is 19.8 Å². The van der Waals surface area contributed by atoms with Crippen LogP contribution >= 0.6 is 0 Å². The van der Waals surface area contributed by atoms with Gasteiger partial charge in [-0.05, 0) is 12.8 Å². The molecule has 0 aromatic rings. The van der Waals surface area contributed by atoms with Crippen molar-refractivity contribution in [3.05, 3.63) is 0 Å². The van der Waals surface area contributed by atoms with Gasteiger partial charge in [0.1, 0.15) is 5.92 Å². The van der Waals surface area contributed by atoms with Crippen LogP contribution in [0.2, 0.25) is 0 Å². The van der Waals surface area contributed by atoms with E-state index in [-0.39, 0.29) is 11.8 Å². The number of rotatable bonds is 6. The minimum atomic E-state index is -0.559. The first-order chi connectivity index (χ1) is 6.63. The summed E-state index contributed by atoms with van der Waals surface area (Å²) in [5.74, 6) is -0.717. The molecule has 0 fully saturated rings. The van der Waals surface area contributed by atoms with E-state index in [0.717, 1.165) is 0 Å². The van der Waals surface area contributed by atoms with Crippen LogP contribution in [0, 0.1) is 23.2 Å². The maximum atomic E-state index is 11.4. The molecular formula is C10H18N2O2. The molecule has 0 aliphatic carbocycles. The van der Waals surface area contributed by atoms with Crippen molar-refractivity contribution in [1.29, 1.82) is 5.26 Å². The highest BCUT2D eigenvalue weighted by Gasteiger charge is 2.20. The van der Waals surface area contributed by atoms with Crippen LogP contribution in [0.5, 0.6) is 0 Å². The van der Waals surface area contributed by atoms with E-state index in [1.807, 2.05) is 26.8 Å². The van der Waals surface area contributed by atoms with Gasteiger partial charge in [0.05, 0.1) is 12.7 Å². The summed E-state index contributed by atoms with van der Waals surface area (Å²) < 4.78 is 5.06. The van der Waals surface area contributed by atoms with Crippen LogP contribution in [-0.2, 0) is 9.53 Å². The number of ether oxygens (including phenoxy) is 1. The van der Waals surface area contributed by atoms with Crippen molar-refractivity contribution in [2.45, 2.75) is 20.8 Å². The molecule has 1 amide bonds. The SMILES string of the molecule is CCOCCNC(=O)C(C#N)C(C)C. The average molecular weight is 198 g/mol. The third kappa shape index (κ3) is 4.83. The van der Waals surface area contributed by atoms with E-state index in [2.05, 4.69) is 5.32 Å². The first-order valence-corrected chi connectivity index (χ1v) is 4.88. The Bertz CT molecular complexity index is 209. The lowest BCUT2D eigenvalue weighted by Gasteiger charge is -2.12. The van der Waals surface area contributed by atoms with Crippen molar-refractivity contribution in [1.82, 2.24) is 5.32 Å². The third-order valence-corrected chi connectivity index (χ3v) is 1.84. The van der Waals surface area contributed by atoms with Gasteiger partial charge in [-0.2, -0.15) is 5.26 Å². The monoisotopic (exact) mass is 198 g/mol. The second kappa shape index (κ2) is 7.34. The van der Waals surface area contributed by atoms with E-state index in [4.69, 9.17) is 10.00 Å². The van der Waals surface area contributed by atoms with Crippen molar-refractivity contribution in [3.63, 3.8) is 0 Å². The van der Waals surface area contributed by atoms with Gasteiger partial charge >= 0.3 is 0 Å². The Morgan fingerprint density at radius 2 is 2.21 bits per heavy atom. The molecule has 0 aromatic carbocycles. The number of carbonyl (C=O) groups excluding carboxylic acids is 1. The predicted octanol–water partition coefficient (Wildman–Crippen LogP) is 0.935. The lowest BCUT2D eigenvalue weighted by molar-refractivity contribution is -0.124. The molecule has 4 heteroatoms. The maximum Gasteiger partial charge on any atom is 0.237 e. The summed E-state index contributed by atoms with van der Waals surface area (Å²) >= 11 is 0. The Morgan fingerprint density at radius 1 is 1.57 bits per heavy atom. The van der Waals surface area contributed by atoms with Crippen molar-refractivity contribution >= 4 is 5.91 Å². The molecule has 0 bridgehead atoms. The van der Waals surface area contributed by atoms with Gasteiger partial charge in [0, 0.05) is 13.2 Å². The zero-order valence-electron chi connectivity index (χ0n) is 9.04. The molecular weight excluding hydrogens is 180 g/mol. The minimum absolute atomic E-state index is 0.0482. The second-order valence-corrected chi connectivity index (χ2v) is 3.34. The zero-order valence-corrected chi connectivity index (χ0v) is 9.04. The fraction of sp³-hybridized carbons (Fsp3) is 0.800. The molecule has 0 radical (unpaired) electrons. The maximum absolute atomic E-state index is 11.4. The lowest BCUT2D eigenvalue weighted by Crippen LogP contribution is -2.34. The molecule has 1 N–H and O–H groups in total. The van der Waals surface area contributed by atoms with Crippen LogP contribution in [0.3, 0.4) is 0 Å². The largest absolute Gasteiger partial charge is 0.380 e. The number of hydrogen-bond acceptors (Lipinski definition) is 3. The fourth-order valence-corrected chi connectivity index (χ4v) is 1.01. The molecule has 0 aliphatic heterocycles. The highest BCUT2D eigenvalue weighted by atomic mass is 16.5. The summed E-state index contributed by atoms with van der Waals surface area (Å²) in [4.78, 5) is 11.4. The number of nitrogens with zero attached hydrogens (tertiary/aromatic N) is 1. The van der Waals surface area contributed by atoms with Crippen LogP contribution in [0.15, 0.2) is 0 Å². The predicted molar refractivity (Wildman–Crippen MR) is 53.4 cm³/mol. The van der Waals surface area contributed by atoms with E-state index >= 15 is 0 Å². The number of amides is 1. The van der Waals surface area contributed by atoms with E-state index in [9.17, 15) is 4.79 Å². The molecule has 0 spiro atoms. The van der Waals surface area contributed by atoms with Gasteiger partial charge < -0.3 is 10.1 Å². The van der Waals surface area contributed by atoms with Crippen LogP contribution in [-0.4, -0.2) is 25.7 Å². The van der Waals surface area contributed by atoms with Gasteiger partial charge in [-0.15, -0.1) is 0 Å². The number of carbonyl (C=O) groups is 1. The Morgan fingerprint density at radius 3 is 2.64 bits per heavy atom. The second-order valence-electron chi connectivity index (χ2n) is 3.34. The molecule has 0 saturated heterocycles. The molecule has 4 nitrogen and oxygen atoms in total. The smallest absolute Gasteiger partial charge is 0.237 e. The van der Waals surface area contributed by atoms with E-state index in [1.165, 1.54) is 0 Å². The average Bonchev–Trinajstić information content (AvgIpc) is 2.13. The molecule has 0 saturated carbocycles. The quantitative estimate of drug-likeness (QED) is 0.646. The highest BCUT2D eigenvalue weighted by molar-refractivity contribution is 5.81. The summed E-state index contributed by atoms with van der Waals surface area (Å²) in [6.07, 6.45) is 0. The highest BCUT2D eigenvalue weighted by Crippen LogP contribution is 2.08. The fourth-order valence-electron chi connectivity index (χ4n) is 1.01. The van der Waals surface area contributed by atoms with Crippen molar-refractivity contribution in [2.24, 2.45) is 11.8 Å². The Hall–Kier alpha value is -1.08. The van der Waals surface area contributed by atoms with Gasteiger partial charge in [0.25, 0.3) is 0 Å². The van der Waals surface area contributed by atoms with Crippen molar-refractivity contribution in [3.8, 4) is 6.07 Å². The van der Waals surface area contributed by atoms with Gasteiger partial charge in [0.2, 0.25) is 5.91 Å². The number of hydrogen-bond donors (Lipinski definition) is 1. The Kier molecular flexibility index (Phi) is 6.77. The summed E-state index contributed by atoms with van der Waals surface area (Å²) in [5.41, 5.74) is 0. The molecule has 14 heavy (non-hydrogen) atoms. The van der Waals surface area contributed by atoms with Gasteiger partial charge in [-0.25, -0.2) is 0 Å². The molecule has 1 unspecified atom stereocenters. The third-order valence-electron chi connectivity index (χ3n) is 1.84. The van der Waals surface area contributed by atoms with Crippen LogP contribution in [0.4, 0.5) is 0 Å². The Labute approximate surface area is 85.2 Å². The normalized spacial score (nSPS) is 12.2. The van der Waals surface area contributed by atoms with E-state index < -0.39 is 5.92 Å². The summed E-state index contributed by atoms with van der Waals surface area (Å²) in [6.45, 7) is 7.22. The number of nitrogens with one attached hydrogen (secondary N) is 1. The first-order valence-electron chi connectivity index (χ1n) is 4.88. The summed E-state index contributed by atoms with van der Waals surface area (Å²) in [6, 6.07) is 1.99. The summed E-state index contributed by atoms with van der Waals surface area (Å²) in [7, 11) is 0. The van der Waals surface area contributed by atoms with Crippen molar-refractivity contribution < 1.29 is 9.53 Å². The topological polar surface area (TPSA) is 62.1 Å². The molecule has 1 atom stereocenters. The number of nitriles is 1. The lowest BCUT2D eigenvalue weighted by atomic mass is 9.97. The molecule has 0 rings (SSSR count). The zero-order chi connectivity index (χ0) is 11.0. The van der Waals surface area contributed by atoms with E-state index in [0.29, 0.717) is 19.8 Å². The molecule has 0 heterocycles. The van der Waals surface area contributed by atoms with Gasteiger partial charge in [-0.3, -0.25) is 4.79 Å². The van der Waals surface area contributed by atoms with E-state index in [1.54, 1.807) is 0 Å². The van der Waals surface area contributed by atoms with Crippen LogP contribution in [0.25, 0.3) is 0 Å². The van der Waals surface area contributed by atoms with Gasteiger partial charge in [0.15, 0.2) is 0 Å². The first kappa shape index (κ1) is 12.9. The van der Waals surface area contributed by atoms with Crippen LogP contribution < -0.4 is 5.32 Å². The summed E-state index contributed by atoms with van der Waals surface area (Å²) in [5, 5.41) is 11.4. The molecule has 0 aliphatic rings. The van der Waals surface area contributed by atoms with Gasteiger partial charge in [-0.1, -0.05) is 13.8 Å². The Balaban J connectivity index is 3.78. The molecule has 80 valence electrons. The minimum Gasteiger partial charge on any atom is -0.380 e. The standard InChI is InChI=1S/C10H18N2O2/c1-4-14-6-5-12-10(13)9(7-11)8(2)3/h8-9H,4-6H2,1-3H3,(H,12,13). The molecule has 0 aromatic heterocycles.